The third kappa shape index (κ3) is 3.54. The number of anilines is 1. The highest BCUT2D eigenvalue weighted by Gasteiger charge is 2.18. The van der Waals surface area contributed by atoms with Crippen LogP contribution in [-0.2, 0) is 6.42 Å². The van der Waals surface area contributed by atoms with E-state index in [1.54, 1.807) is 6.20 Å². The predicted octanol–water partition coefficient (Wildman–Crippen LogP) is 4.47. The monoisotopic (exact) mass is 424 g/mol. The lowest BCUT2D eigenvalue weighted by Crippen LogP contribution is -2.18. The molecule has 4 aromatic rings. The zero-order valence-corrected chi connectivity index (χ0v) is 18.2. The van der Waals surface area contributed by atoms with E-state index in [2.05, 4.69) is 43.3 Å². The summed E-state index contributed by atoms with van der Waals surface area (Å²) in [6.45, 7) is 5.78. The van der Waals surface area contributed by atoms with E-state index < -0.39 is 0 Å². The number of aryl methyl sites for hydroxylation is 1. The Balaban J connectivity index is 1.44. The van der Waals surface area contributed by atoms with Crippen molar-refractivity contribution >= 4 is 22.5 Å². The van der Waals surface area contributed by atoms with Crippen LogP contribution in [0, 0.1) is 25.2 Å². The number of H-pyrrole nitrogens is 2. The van der Waals surface area contributed by atoms with Gasteiger partial charge in [-0.1, -0.05) is 6.07 Å². The molecule has 7 heteroatoms. The molecule has 0 saturated carbocycles. The van der Waals surface area contributed by atoms with Crippen molar-refractivity contribution in [1.82, 2.24) is 20.2 Å². The van der Waals surface area contributed by atoms with E-state index in [0.717, 1.165) is 70.7 Å². The van der Waals surface area contributed by atoms with E-state index in [0.29, 0.717) is 11.3 Å². The average molecular weight is 425 g/mol. The van der Waals surface area contributed by atoms with Crippen LogP contribution in [-0.4, -0.2) is 39.0 Å². The second-order valence-corrected chi connectivity index (χ2v) is 8.42. The average Bonchev–Trinajstić information content (AvgIpc) is 3.54. The van der Waals surface area contributed by atoms with Crippen molar-refractivity contribution < 1.29 is 4.79 Å². The lowest BCUT2D eigenvalue weighted by atomic mass is 10.0. The number of Topliss-reactive ketones (excluding diaryl/α,β-unsaturated/α-hetero) is 1. The number of hydrogen-bond acceptors (Lipinski definition) is 5. The molecular weight excluding hydrogens is 400 g/mol. The first-order chi connectivity index (χ1) is 15.5. The molecule has 32 heavy (non-hydrogen) atoms. The summed E-state index contributed by atoms with van der Waals surface area (Å²) >= 11 is 0. The maximum absolute atomic E-state index is 12.7. The van der Waals surface area contributed by atoms with Crippen LogP contribution in [0.5, 0.6) is 0 Å². The first kappa shape index (κ1) is 20.0. The smallest absolute Gasteiger partial charge is 0.187 e. The first-order valence-corrected chi connectivity index (χ1v) is 10.9. The number of aromatic amines is 2. The summed E-state index contributed by atoms with van der Waals surface area (Å²) in [6.07, 6.45) is 4.31. The Morgan fingerprint density at radius 2 is 2.00 bits per heavy atom. The fourth-order valence-electron chi connectivity index (χ4n) is 4.35. The topological polar surface area (TPSA) is 101 Å². The van der Waals surface area contributed by atoms with E-state index in [-0.39, 0.29) is 12.2 Å². The van der Waals surface area contributed by atoms with Gasteiger partial charge in [0.05, 0.1) is 11.3 Å². The number of hydrogen-bond donors (Lipinski definition) is 2. The summed E-state index contributed by atoms with van der Waals surface area (Å²) in [5, 5.41) is 17.5. The number of carbonyl (C=O) groups excluding carboxylic acids is 1. The summed E-state index contributed by atoms with van der Waals surface area (Å²) in [4.78, 5) is 22.9. The SMILES string of the molecule is Cc1[nH]nc(C(=O)Cc2cnc3[nH]c(-c4ccc(C#N)c(N5CCCC5)c4)cc3c2)c1C. The molecule has 7 nitrogen and oxygen atoms in total. The number of ketones is 1. The van der Waals surface area contributed by atoms with Crippen LogP contribution < -0.4 is 4.90 Å². The van der Waals surface area contributed by atoms with Gasteiger partial charge >= 0.3 is 0 Å². The van der Waals surface area contributed by atoms with E-state index in [9.17, 15) is 10.1 Å². The molecule has 0 amide bonds. The van der Waals surface area contributed by atoms with Gasteiger partial charge < -0.3 is 9.88 Å². The summed E-state index contributed by atoms with van der Waals surface area (Å²) in [5.41, 5.74) is 7.57. The van der Waals surface area contributed by atoms with Crippen molar-refractivity contribution in [3.63, 3.8) is 0 Å². The minimum atomic E-state index is -0.0221. The zero-order chi connectivity index (χ0) is 22.2. The number of benzene rings is 1. The van der Waals surface area contributed by atoms with Crippen LogP contribution in [0.15, 0.2) is 36.5 Å². The highest BCUT2D eigenvalue weighted by atomic mass is 16.1. The second kappa shape index (κ2) is 7.97. The van der Waals surface area contributed by atoms with Crippen molar-refractivity contribution in [3.8, 4) is 17.3 Å². The molecule has 0 unspecified atom stereocenters. The molecule has 0 spiro atoms. The van der Waals surface area contributed by atoms with E-state index in [4.69, 9.17) is 0 Å². The Morgan fingerprint density at radius 3 is 2.72 bits per heavy atom. The molecule has 1 saturated heterocycles. The number of rotatable bonds is 5. The number of nitrogens with zero attached hydrogens (tertiary/aromatic N) is 4. The molecule has 1 aromatic carbocycles. The van der Waals surface area contributed by atoms with Crippen LogP contribution >= 0.6 is 0 Å². The molecule has 1 aliphatic rings. The number of aromatic nitrogens is 4. The van der Waals surface area contributed by atoms with Crippen molar-refractivity contribution in [3.05, 3.63) is 64.6 Å². The largest absolute Gasteiger partial charge is 0.370 e. The molecule has 1 aliphatic heterocycles. The Labute approximate surface area is 186 Å². The lowest BCUT2D eigenvalue weighted by molar-refractivity contribution is 0.0987. The van der Waals surface area contributed by atoms with Gasteiger partial charge in [0.15, 0.2) is 5.78 Å². The molecule has 0 radical (unpaired) electrons. The van der Waals surface area contributed by atoms with Gasteiger partial charge in [0.25, 0.3) is 0 Å². The maximum Gasteiger partial charge on any atom is 0.187 e. The Kier molecular flexibility index (Phi) is 4.98. The summed E-state index contributed by atoms with van der Waals surface area (Å²) < 4.78 is 0. The van der Waals surface area contributed by atoms with Gasteiger partial charge in [-0.2, -0.15) is 10.4 Å². The molecule has 0 atom stereocenters. The third-order valence-corrected chi connectivity index (χ3v) is 6.28. The second-order valence-electron chi connectivity index (χ2n) is 8.42. The fraction of sp³-hybridized carbons (Fsp3) is 0.280. The minimum Gasteiger partial charge on any atom is -0.370 e. The van der Waals surface area contributed by atoms with E-state index >= 15 is 0 Å². The van der Waals surface area contributed by atoms with Crippen LogP contribution in [0.25, 0.3) is 22.3 Å². The van der Waals surface area contributed by atoms with Gasteiger partial charge in [-0.3, -0.25) is 9.89 Å². The molecule has 1 fully saturated rings. The number of pyridine rings is 1. The Morgan fingerprint density at radius 1 is 1.19 bits per heavy atom. The van der Waals surface area contributed by atoms with E-state index in [1.807, 2.05) is 32.0 Å². The molecule has 5 rings (SSSR count). The van der Waals surface area contributed by atoms with Crippen LogP contribution in [0.3, 0.4) is 0 Å². The van der Waals surface area contributed by atoms with Gasteiger partial charge in [0.1, 0.15) is 17.4 Å². The normalized spacial score (nSPS) is 13.6. The van der Waals surface area contributed by atoms with Gasteiger partial charge in [-0.05, 0) is 56.5 Å². The zero-order valence-electron chi connectivity index (χ0n) is 18.2. The quantitative estimate of drug-likeness (QED) is 0.460. The fourth-order valence-corrected chi connectivity index (χ4v) is 4.35. The molecule has 0 aliphatic carbocycles. The predicted molar refractivity (Wildman–Crippen MR) is 124 cm³/mol. The maximum atomic E-state index is 12.7. The lowest BCUT2D eigenvalue weighted by Gasteiger charge is -2.19. The Bertz CT molecular complexity index is 1370. The van der Waals surface area contributed by atoms with Crippen LogP contribution in [0.4, 0.5) is 5.69 Å². The van der Waals surface area contributed by atoms with Gasteiger partial charge in [0.2, 0.25) is 0 Å². The third-order valence-electron chi connectivity index (χ3n) is 6.28. The number of carbonyl (C=O) groups is 1. The molecule has 160 valence electrons. The van der Waals surface area contributed by atoms with Gasteiger partial charge in [-0.25, -0.2) is 4.98 Å². The van der Waals surface area contributed by atoms with Gasteiger partial charge in [0, 0.05) is 53.6 Å². The van der Waals surface area contributed by atoms with Crippen molar-refractivity contribution in [2.45, 2.75) is 33.1 Å². The molecule has 0 bridgehead atoms. The van der Waals surface area contributed by atoms with E-state index in [1.165, 1.54) is 0 Å². The van der Waals surface area contributed by atoms with Crippen LogP contribution in [0.2, 0.25) is 0 Å². The summed E-state index contributed by atoms with van der Waals surface area (Å²) in [7, 11) is 0. The molecule has 4 heterocycles. The van der Waals surface area contributed by atoms with Crippen molar-refractivity contribution in [2.24, 2.45) is 0 Å². The molecule has 2 N–H and O–H groups in total. The summed E-state index contributed by atoms with van der Waals surface area (Å²) in [5.74, 6) is -0.0221. The van der Waals surface area contributed by atoms with Gasteiger partial charge in [-0.15, -0.1) is 0 Å². The molecular formula is C25H24N6O. The first-order valence-electron chi connectivity index (χ1n) is 10.9. The highest BCUT2D eigenvalue weighted by molar-refractivity contribution is 5.97. The van der Waals surface area contributed by atoms with Crippen LogP contribution in [0.1, 0.15) is 45.7 Å². The molecule has 3 aromatic heterocycles. The van der Waals surface area contributed by atoms with Crippen molar-refractivity contribution in [1.29, 1.82) is 5.26 Å². The summed E-state index contributed by atoms with van der Waals surface area (Å²) in [6, 6.07) is 12.3. The Hall–Kier alpha value is -3.92. The number of nitrogens with one attached hydrogen (secondary N) is 2. The standard InChI is InChI=1S/C25H24N6O/c1-15-16(2)29-30-24(15)23(32)10-17-9-20-11-21(28-25(20)27-14-17)18-5-6-19(13-26)22(12-18)31-7-3-4-8-31/h5-6,9,11-12,14H,3-4,7-8,10H2,1-2H3,(H,27,28)(H,29,30). The van der Waals surface area contributed by atoms with Crippen molar-refractivity contribution in [2.75, 3.05) is 18.0 Å². The number of nitriles is 1. The number of fused-ring (bicyclic) bond motifs is 1. The highest BCUT2D eigenvalue weighted by Crippen LogP contribution is 2.31. The minimum absolute atomic E-state index is 0.0221.